The van der Waals surface area contributed by atoms with Crippen molar-refractivity contribution in [3.05, 3.63) is 0 Å². The number of nitrogens with two attached hydrogens (primary N) is 1. The van der Waals surface area contributed by atoms with Crippen molar-refractivity contribution < 1.29 is 14.4 Å². The topological polar surface area (TPSA) is 105 Å². The van der Waals surface area contributed by atoms with Crippen LogP contribution in [0.15, 0.2) is 0 Å². The third kappa shape index (κ3) is 3.38. The summed E-state index contributed by atoms with van der Waals surface area (Å²) in [4.78, 5) is 38.8. The molecular weight excluding hydrogens is 320 g/mol. The Morgan fingerprint density at radius 2 is 1.96 bits per heavy atom. The average Bonchev–Trinajstić information content (AvgIpc) is 2.83. The number of carbonyl (C=O) groups excluding carboxylic acids is 3. The second-order valence-electron chi connectivity index (χ2n) is 7.89. The molecule has 25 heavy (non-hydrogen) atoms. The first-order chi connectivity index (χ1) is 12.0. The molecule has 3 fully saturated rings. The Labute approximate surface area is 149 Å². The molecule has 3 aliphatic rings. The number of nitrogens with zero attached hydrogens (tertiary/aromatic N) is 1. The molecule has 0 aromatic rings. The molecule has 2 saturated carbocycles. The van der Waals surface area contributed by atoms with Gasteiger partial charge in [-0.3, -0.25) is 14.5 Å². The number of urea groups is 1. The van der Waals surface area contributed by atoms with E-state index in [1.54, 1.807) is 0 Å². The molecule has 2 aliphatic carbocycles. The van der Waals surface area contributed by atoms with Crippen LogP contribution in [-0.4, -0.2) is 47.4 Å². The Hall–Kier alpha value is -1.63. The molecule has 7 heteroatoms. The zero-order valence-corrected chi connectivity index (χ0v) is 15.1. The summed E-state index contributed by atoms with van der Waals surface area (Å²) in [5, 5.41) is 5.88. The van der Waals surface area contributed by atoms with Crippen LogP contribution in [0.1, 0.15) is 58.3 Å². The van der Waals surface area contributed by atoms with Gasteiger partial charge in [-0.25, -0.2) is 4.79 Å². The van der Waals surface area contributed by atoms with Crippen molar-refractivity contribution in [3.8, 4) is 0 Å². The summed E-state index contributed by atoms with van der Waals surface area (Å²) in [6.07, 6.45) is 7.74. The third-order valence-corrected chi connectivity index (χ3v) is 6.36. The Morgan fingerprint density at radius 1 is 1.24 bits per heavy atom. The van der Waals surface area contributed by atoms with Crippen LogP contribution in [-0.2, 0) is 9.59 Å². The Bertz CT molecular complexity index is 552. The molecule has 3 rings (SSSR count). The van der Waals surface area contributed by atoms with E-state index in [0.717, 1.165) is 49.8 Å². The number of imide groups is 1. The highest BCUT2D eigenvalue weighted by Crippen LogP contribution is 2.38. The first-order valence-electron chi connectivity index (χ1n) is 9.61. The molecule has 1 saturated heterocycles. The van der Waals surface area contributed by atoms with Gasteiger partial charge in [0.25, 0.3) is 5.91 Å². The van der Waals surface area contributed by atoms with E-state index in [1.807, 2.05) is 6.92 Å². The summed E-state index contributed by atoms with van der Waals surface area (Å²) in [7, 11) is 0. The van der Waals surface area contributed by atoms with Crippen molar-refractivity contribution in [3.63, 3.8) is 0 Å². The molecule has 7 nitrogen and oxygen atoms in total. The maximum Gasteiger partial charge on any atom is 0.325 e. The van der Waals surface area contributed by atoms with Crippen molar-refractivity contribution in [1.29, 1.82) is 0 Å². The van der Waals surface area contributed by atoms with Gasteiger partial charge in [-0.05, 0) is 44.1 Å². The largest absolute Gasteiger partial charge is 0.351 e. The van der Waals surface area contributed by atoms with Crippen LogP contribution in [0.4, 0.5) is 4.79 Å². The van der Waals surface area contributed by atoms with Gasteiger partial charge in [-0.15, -0.1) is 0 Å². The Morgan fingerprint density at radius 3 is 2.68 bits per heavy atom. The monoisotopic (exact) mass is 350 g/mol. The number of rotatable bonds is 4. The summed E-state index contributed by atoms with van der Waals surface area (Å²) in [6, 6.07) is -0.387. The van der Waals surface area contributed by atoms with Gasteiger partial charge in [0.05, 0.1) is 0 Å². The third-order valence-electron chi connectivity index (χ3n) is 6.36. The summed E-state index contributed by atoms with van der Waals surface area (Å²) in [5.74, 6) is -0.121. The predicted octanol–water partition coefficient (Wildman–Crippen LogP) is 1.12. The van der Waals surface area contributed by atoms with Crippen molar-refractivity contribution >= 4 is 17.8 Å². The highest BCUT2D eigenvalue weighted by Gasteiger charge is 2.55. The number of nitrogens with one attached hydrogen (secondary N) is 2. The summed E-state index contributed by atoms with van der Waals surface area (Å²) < 4.78 is 0. The number of hydrogen-bond donors (Lipinski definition) is 3. The Balaban J connectivity index is 1.63. The van der Waals surface area contributed by atoms with Gasteiger partial charge < -0.3 is 16.4 Å². The molecule has 1 aliphatic heterocycles. The SMILES string of the molecule is CC1CCCCC12NC(=O)N(CC(=O)NC1CCCCC1CN)C2=O. The lowest BCUT2D eigenvalue weighted by atomic mass is 9.73. The zero-order chi connectivity index (χ0) is 18.0. The first-order valence-corrected chi connectivity index (χ1v) is 9.61. The van der Waals surface area contributed by atoms with E-state index in [1.165, 1.54) is 0 Å². The molecule has 4 amide bonds. The van der Waals surface area contributed by atoms with E-state index in [2.05, 4.69) is 10.6 Å². The highest BCUT2D eigenvalue weighted by molar-refractivity contribution is 6.09. The highest BCUT2D eigenvalue weighted by atomic mass is 16.2. The summed E-state index contributed by atoms with van der Waals surface area (Å²) in [5.41, 5.74) is 5.00. The van der Waals surface area contributed by atoms with Gasteiger partial charge in [-0.2, -0.15) is 0 Å². The van der Waals surface area contributed by atoms with Gasteiger partial charge in [0, 0.05) is 6.04 Å². The minimum Gasteiger partial charge on any atom is -0.351 e. The molecule has 0 aromatic heterocycles. The molecule has 140 valence electrons. The van der Waals surface area contributed by atoms with Crippen LogP contribution >= 0.6 is 0 Å². The normalized spacial score (nSPS) is 35.8. The van der Waals surface area contributed by atoms with Crippen LogP contribution in [0, 0.1) is 11.8 Å². The maximum atomic E-state index is 12.9. The van der Waals surface area contributed by atoms with Crippen molar-refractivity contribution in [2.75, 3.05) is 13.1 Å². The van der Waals surface area contributed by atoms with Gasteiger partial charge in [0.2, 0.25) is 5.91 Å². The molecular formula is C18H30N4O3. The average molecular weight is 350 g/mol. The molecule has 4 unspecified atom stereocenters. The lowest BCUT2D eigenvalue weighted by Gasteiger charge is -2.36. The molecule has 1 heterocycles. The van der Waals surface area contributed by atoms with Gasteiger partial charge in [0.1, 0.15) is 12.1 Å². The van der Waals surface area contributed by atoms with Crippen LogP contribution < -0.4 is 16.4 Å². The van der Waals surface area contributed by atoms with E-state index < -0.39 is 11.6 Å². The van der Waals surface area contributed by atoms with E-state index in [4.69, 9.17) is 5.73 Å². The van der Waals surface area contributed by atoms with E-state index in [9.17, 15) is 14.4 Å². The lowest BCUT2D eigenvalue weighted by molar-refractivity contribution is -0.137. The first kappa shape index (κ1) is 18.2. The van der Waals surface area contributed by atoms with Crippen LogP contribution in [0.2, 0.25) is 0 Å². The number of carbonyl (C=O) groups is 3. The molecule has 0 aromatic carbocycles. The van der Waals surface area contributed by atoms with Gasteiger partial charge in [-0.1, -0.05) is 32.6 Å². The number of amides is 4. The molecule has 0 bridgehead atoms. The minimum absolute atomic E-state index is 0.0505. The molecule has 4 N–H and O–H groups in total. The van der Waals surface area contributed by atoms with E-state index >= 15 is 0 Å². The van der Waals surface area contributed by atoms with Crippen LogP contribution in [0.3, 0.4) is 0 Å². The lowest BCUT2D eigenvalue weighted by Crippen LogP contribution is -2.54. The second-order valence-corrected chi connectivity index (χ2v) is 7.89. The minimum atomic E-state index is -0.805. The fourth-order valence-electron chi connectivity index (χ4n) is 4.71. The van der Waals surface area contributed by atoms with Gasteiger partial charge in [0.15, 0.2) is 0 Å². The predicted molar refractivity (Wildman–Crippen MR) is 93.6 cm³/mol. The van der Waals surface area contributed by atoms with Crippen molar-refractivity contribution in [2.24, 2.45) is 17.6 Å². The molecule has 0 radical (unpaired) electrons. The van der Waals surface area contributed by atoms with Crippen LogP contribution in [0.5, 0.6) is 0 Å². The summed E-state index contributed by atoms with van der Waals surface area (Å²) in [6.45, 7) is 2.36. The fourth-order valence-corrected chi connectivity index (χ4v) is 4.71. The number of hydrogen-bond acceptors (Lipinski definition) is 4. The van der Waals surface area contributed by atoms with Gasteiger partial charge >= 0.3 is 6.03 Å². The molecule has 4 atom stereocenters. The van der Waals surface area contributed by atoms with Crippen molar-refractivity contribution in [2.45, 2.75) is 69.9 Å². The zero-order valence-electron chi connectivity index (χ0n) is 15.1. The van der Waals surface area contributed by atoms with Crippen LogP contribution in [0.25, 0.3) is 0 Å². The molecule has 1 spiro atoms. The second kappa shape index (κ2) is 7.32. The standard InChI is InChI=1S/C18H30N4O3/c1-12-6-4-5-9-18(12)16(24)22(17(25)21-18)11-15(23)20-14-8-3-2-7-13(14)10-19/h12-14H,2-11,19H2,1H3,(H,20,23)(H,21,25). The van der Waals surface area contributed by atoms with E-state index in [0.29, 0.717) is 13.0 Å². The Kier molecular flexibility index (Phi) is 5.32. The summed E-state index contributed by atoms with van der Waals surface area (Å²) >= 11 is 0. The quantitative estimate of drug-likeness (QED) is 0.661. The maximum absolute atomic E-state index is 12.9. The fraction of sp³-hybridized carbons (Fsp3) is 0.833. The smallest absolute Gasteiger partial charge is 0.325 e. The van der Waals surface area contributed by atoms with E-state index in [-0.39, 0.29) is 36.2 Å². The van der Waals surface area contributed by atoms with Crippen molar-refractivity contribution in [1.82, 2.24) is 15.5 Å².